The summed E-state index contributed by atoms with van der Waals surface area (Å²) in [5.74, 6) is -0.759. The van der Waals surface area contributed by atoms with Crippen molar-refractivity contribution in [3.8, 4) is 0 Å². The summed E-state index contributed by atoms with van der Waals surface area (Å²) in [6.45, 7) is 4.23. The lowest BCUT2D eigenvalue weighted by molar-refractivity contribution is 0.0451. The van der Waals surface area contributed by atoms with Gasteiger partial charge in [0.25, 0.3) is 5.91 Å². The molecule has 1 aliphatic rings. The Morgan fingerprint density at radius 2 is 1.51 bits per heavy atom. The van der Waals surface area contributed by atoms with Gasteiger partial charge in [-0.3, -0.25) is 19.2 Å². The van der Waals surface area contributed by atoms with Crippen LogP contribution in [0.5, 0.6) is 0 Å². The number of aromatic nitrogens is 2. The van der Waals surface area contributed by atoms with E-state index >= 15 is 0 Å². The lowest BCUT2D eigenvalue weighted by Crippen LogP contribution is -2.32. The number of hydrogen-bond acceptors (Lipinski definition) is 5. The lowest BCUT2D eigenvalue weighted by atomic mass is 9.96. The molecule has 0 spiro atoms. The number of pyridine rings is 1. The molecule has 6 nitrogen and oxygen atoms in total. The Bertz CT molecular complexity index is 1570. The molecule has 5 aromatic rings. The van der Waals surface area contributed by atoms with Gasteiger partial charge in [0.05, 0.1) is 22.1 Å². The first-order valence-corrected chi connectivity index (χ1v) is 12.0. The molecule has 3 aromatic carbocycles. The topological polar surface area (TPSA) is 64.4 Å². The van der Waals surface area contributed by atoms with Gasteiger partial charge in [-0.25, -0.2) is 4.79 Å². The Kier molecular flexibility index (Phi) is 5.30. The highest BCUT2D eigenvalue weighted by Crippen LogP contribution is 2.30. The first-order chi connectivity index (χ1) is 17.2. The fourth-order valence-corrected chi connectivity index (χ4v) is 5.20. The standard InChI is InChI=1S/C29H25N3O3/c1-2-31-16-15-24-22(17-31)28(21-11-3-6-12-23(21)30-24)29(34)35-18-27(33)32-25-13-7-4-9-19(25)20-10-5-8-14-26(20)32/h3-14H,2,15-18H2,1H3. The quantitative estimate of drug-likeness (QED) is 0.342. The fraction of sp³-hybridized carbons (Fsp3) is 0.207. The zero-order valence-electron chi connectivity index (χ0n) is 19.5. The van der Waals surface area contributed by atoms with Gasteiger partial charge in [-0.1, -0.05) is 61.5 Å². The summed E-state index contributed by atoms with van der Waals surface area (Å²) in [4.78, 5) is 34.0. The molecule has 3 heterocycles. The summed E-state index contributed by atoms with van der Waals surface area (Å²) in [6.07, 6.45) is 0.786. The molecule has 35 heavy (non-hydrogen) atoms. The Morgan fingerprint density at radius 3 is 2.20 bits per heavy atom. The number of carbonyl (C=O) groups is 2. The molecule has 174 valence electrons. The number of nitrogens with zero attached hydrogens (tertiary/aromatic N) is 3. The number of benzene rings is 3. The average molecular weight is 464 g/mol. The van der Waals surface area contributed by atoms with Gasteiger partial charge in [0, 0.05) is 46.9 Å². The third kappa shape index (κ3) is 3.58. The van der Waals surface area contributed by atoms with Crippen molar-refractivity contribution in [1.82, 2.24) is 14.5 Å². The van der Waals surface area contributed by atoms with Crippen molar-refractivity contribution < 1.29 is 14.3 Å². The molecule has 0 N–H and O–H groups in total. The van der Waals surface area contributed by atoms with E-state index in [0.29, 0.717) is 12.1 Å². The van der Waals surface area contributed by atoms with Crippen LogP contribution in [0.15, 0.2) is 72.8 Å². The molecule has 1 aliphatic heterocycles. The van der Waals surface area contributed by atoms with Crippen molar-refractivity contribution in [2.75, 3.05) is 19.7 Å². The summed E-state index contributed by atoms with van der Waals surface area (Å²) in [5, 5.41) is 2.76. The third-order valence-electron chi connectivity index (χ3n) is 6.93. The van der Waals surface area contributed by atoms with Crippen molar-refractivity contribution in [3.05, 3.63) is 89.6 Å². The molecule has 2 aromatic heterocycles. The highest BCUT2D eigenvalue weighted by atomic mass is 16.5. The zero-order chi connectivity index (χ0) is 23.9. The number of esters is 1. The van der Waals surface area contributed by atoms with E-state index < -0.39 is 5.97 Å². The summed E-state index contributed by atoms with van der Waals surface area (Å²) >= 11 is 0. The van der Waals surface area contributed by atoms with Crippen LogP contribution in [0.3, 0.4) is 0 Å². The van der Waals surface area contributed by atoms with Gasteiger partial charge in [-0.05, 0) is 24.7 Å². The molecule has 0 unspecified atom stereocenters. The predicted molar refractivity (Wildman–Crippen MR) is 137 cm³/mol. The molecule has 0 aliphatic carbocycles. The molecular formula is C29H25N3O3. The average Bonchev–Trinajstić information content (AvgIpc) is 3.24. The van der Waals surface area contributed by atoms with Crippen molar-refractivity contribution >= 4 is 44.6 Å². The van der Waals surface area contributed by atoms with Gasteiger partial charge in [-0.2, -0.15) is 0 Å². The van der Waals surface area contributed by atoms with Crippen LogP contribution in [-0.4, -0.2) is 46.0 Å². The number of ether oxygens (including phenoxy) is 1. The monoisotopic (exact) mass is 463 g/mol. The zero-order valence-corrected chi connectivity index (χ0v) is 19.5. The van der Waals surface area contributed by atoms with Crippen LogP contribution in [0.1, 0.15) is 33.3 Å². The maximum atomic E-state index is 13.5. The van der Waals surface area contributed by atoms with Crippen LogP contribution < -0.4 is 0 Å². The number of hydrogen-bond donors (Lipinski definition) is 0. The van der Waals surface area contributed by atoms with Crippen LogP contribution >= 0.6 is 0 Å². The Balaban J connectivity index is 1.36. The normalized spacial score (nSPS) is 13.9. The largest absolute Gasteiger partial charge is 0.452 e. The van der Waals surface area contributed by atoms with Gasteiger partial charge in [0.15, 0.2) is 6.61 Å². The van der Waals surface area contributed by atoms with Crippen LogP contribution in [0.25, 0.3) is 32.7 Å². The van der Waals surface area contributed by atoms with Crippen LogP contribution in [-0.2, 0) is 17.7 Å². The van der Waals surface area contributed by atoms with Crippen LogP contribution in [0.2, 0.25) is 0 Å². The molecule has 0 bridgehead atoms. The van der Waals surface area contributed by atoms with E-state index in [1.165, 1.54) is 0 Å². The van der Waals surface area contributed by atoms with Crippen molar-refractivity contribution in [1.29, 1.82) is 0 Å². The minimum absolute atomic E-state index is 0.279. The minimum atomic E-state index is -0.480. The maximum Gasteiger partial charge on any atom is 0.339 e. The molecule has 6 heteroatoms. The van der Waals surface area contributed by atoms with Gasteiger partial charge in [-0.15, -0.1) is 0 Å². The van der Waals surface area contributed by atoms with E-state index in [1.54, 1.807) is 4.57 Å². The van der Waals surface area contributed by atoms with Crippen LogP contribution in [0, 0.1) is 0 Å². The SMILES string of the molecule is CCN1CCc2nc3ccccc3c(C(=O)OCC(=O)n3c4ccccc4c4ccccc43)c2C1. The number of fused-ring (bicyclic) bond motifs is 5. The first-order valence-electron chi connectivity index (χ1n) is 12.0. The second-order valence-corrected chi connectivity index (χ2v) is 8.89. The molecule has 0 fully saturated rings. The molecule has 0 amide bonds. The van der Waals surface area contributed by atoms with Crippen molar-refractivity contribution in [2.24, 2.45) is 0 Å². The van der Waals surface area contributed by atoms with Gasteiger partial charge in [0.1, 0.15) is 0 Å². The Labute approximate surface area is 202 Å². The summed E-state index contributed by atoms with van der Waals surface area (Å²) in [7, 11) is 0. The first kappa shape index (κ1) is 21.5. The van der Waals surface area contributed by atoms with Crippen molar-refractivity contribution in [2.45, 2.75) is 19.9 Å². The van der Waals surface area contributed by atoms with Crippen molar-refractivity contribution in [3.63, 3.8) is 0 Å². The summed E-state index contributed by atoms with van der Waals surface area (Å²) in [5.41, 5.74) is 4.76. The van der Waals surface area contributed by atoms with E-state index in [0.717, 1.165) is 63.5 Å². The summed E-state index contributed by atoms with van der Waals surface area (Å²) in [6, 6.07) is 23.2. The molecule has 0 atom stereocenters. The number of carbonyl (C=O) groups excluding carboxylic acids is 2. The van der Waals surface area contributed by atoms with Gasteiger partial charge in [0.2, 0.25) is 0 Å². The van der Waals surface area contributed by atoms with Gasteiger partial charge >= 0.3 is 5.97 Å². The Morgan fingerprint density at radius 1 is 0.886 bits per heavy atom. The van der Waals surface area contributed by atoms with E-state index in [-0.39, 0.29) is 12.5 Å². The maximum absolute atomic E-state index is 13.5. The highest BCUT2D eigenvalue weighted by molar-refractivity contribution is 6.14. The second kappa shape index (κ2) is 8.64. The molecule has 0 radical (unpaired) electrons. The van der Waals surface area contributed by atoms with E-state index in [4.69, 9.17) is 9.72 Å². The number of para-hydroxylation sites is 3. The van der Waals surface area contributed by atoms with Crippen LogP contribution in [0.4, 0.5) is 0 Å². The predicted octanol–water partition coefficient (Wildman–Crippen LogP) is 5.22. The number of likely N-dealkylation sites (N-methyl/N-ethyl adjacent to an activating group) is 1. The van der Waals surface area contributed by atoms with E-state index in [2.05, 4.69) is 11.8 Å². The second-order valence-electron chi connectivity index (χ2n) is 8.89. The Hall–Kier alpha value is -4.03. The highest BCUT2D eigenvalue weighted by Gasteiger charge is 2.27. The fourth-order valence-electron chi connectivity index (χ4n) is 5.20. The molecule has 0 saturated heterocycles. The van der Waals surface area contributed by atoms with E-state index in [9.17, 15) is 9.59 Å². The molecule has 6 rings (SSSR count). The minimum Gasteiger partial charge on any atom is -0.452 e. The molecule has 0 saturated carbocycles. The number of rotatable bonds is 4. The lowest BCUT2D eigenvalue weighted by Gasteiger charge is -2.28. The van der Waals surface area contributed by atoms with E-state index in [1.807, 2.05) is 72.8 Å². The van der Waals surface area contributed by atoms with Gasteiger partial charge < -0.3 is 4.74 Å². The third-order valence-corrected chi connectivity index (χ3v) is 6.93. The smallest absolute Gasteiger partial charge is 0.339 e. The molecular weight excluding hydrogens is 438 g/mol. The summed E-state index contributed by atoms with van der Waals surface area (Å²) < 4.78 is 7.35.